The van der Waals surface area contributed by atoms with Crippen molar-refractivity contribution in [3.8, 4) is 0 Å². The maximum atomic E-state index is 12.1. The molecule has 0 saturated heterocycles. The summed E-state index contributed by atoms with van der Waals surface area (Å²) < 4.78 is 26.7. The summed E-state index contributed by atoms with van der Waals surface area (Å²) in [7, 11) is -3.42. The first kappa shape index (κ1) is 17.1. The topological polar surface area (TPSA) is 66.4 Å². The van der Waals surface area contributed by atoms with Gasteiger partial charge >= 0.3 is 0 Å². The number of sulfonamides is 1. The van der Waals surface area contributed by atoms with Crippen LogP contribution in [-0.4, -0.2) is 26.7 Å². The largest absolute Gasteiger partial charge is 0.396 e. The van der Waals surface area contributed by atoms with Gasteiger partial charge in [0.2, 0.25) is 10.0 Å². The van der Waals surface area contributed by atoms with Crippen LogP contribution in [0.2, 0.25) is 0 Å². The lowest BCUT2D eigenvalue weighted by Gasteiger charge is -2.19. The van der Waals surface area contributed by atoms with E-state index in [-0.39, 0.29) is 12.0 Å². The van der Waals surface area contributed by atoms with E-state index >= 15 is 0 Å². The molecule has 0 fully saturated rings. The van der Waals surface area contributed by atoms with E-state index in [0.717, 1.165) is 18.4 Å². The first-order chi connectivity index (χ1) is 9.27. The molecule has 0 atom stereocenters. The SMILES string of the molecule is CC(C)(C)c1ccc(S(=O)(=O)NCCCCCO)cc1. The van der Waals surface area contributed by atoms with Crippen LogP contribution >= 0.6 is 0 Å². The number of unbranched alkanes of at least 4 members (excludes halogenated alkanes) is 2. The van der Waals surface area contributed by atoms with Crippen molar-refractivity contribution in [3.05, 3.63) is 29.8 Å². The number of aliphatic hydroxyl groups excluding tert-OH is 1. The van der Waals surface area contributed by atoms with Crippen molar-refractivity contribution in [2.75, 3.05) is 13.2 Å². The zero-order chi connectivity index (χ0) is 15.2. The van der Waals surface area contributed by atoms with Crippen molar-refractivity contribution in [1.29, 1.82) is 0 Å². The van der Waals surface area contributed by atoms with E-state index in [1.807, 2.05) is 12.1 Å². The van der Waals surface area contributed by atoms with Crippen molar-refractivity contribution >= 4 is 10.0 Å². The molecule has 0 saturated carbocycles. The van der Waals surface area contributed by atoms with Gasteiger partial charge in [0.1, 0.15) is 0 Å². The van der Waals surface area contributed by atoms with Crippen LogP contribution in [0.4, 0.5) is 0 Å². The van der Waals surface area contributed by atoms with E-state index < -0.39 is 10.0 Å². The second kappa shape index (κ2) is 7.20. The third-order valence-corrected chi connectivity index (χ3v) is 4.63. The highest BCUT2D eigenvalue weighted by Gasteiger charge is 2.16. The second-order valence-corrected chi connectivity index (χ2v) is 7.72. The van der Waals surface area contributed by atoms with Crippen LogP contribution < -0.4 is 4.72 Å². The fourth-order valence-electron chi connectivity index (χ4n) is 1.84. The number of benzene rings is 1. The van der Waals surface area contributed by atoms with Crippen molar-refractivity contribution in [3.63, 3.8) is 0 Å². The minimum Gasteiger partial charge on any atom is -0.396 e. The Morgan fingerprint density at radius 2 is 1.65 bits per heavy atom. The van der Waals surface area contributed by atoms with Gasteiger partial charge in [-0.2, -0.15) is 0 Å². The average molecular weight is 299 g/mol. The molecule has 0 aliphatic rings. The predicted octanol–water partition coefficient (Wildman–Crippen LogP) is 2.43. The van der Waals surface area contributed by atoms with Crippen molar-refractivity contribution in [2.45, 2.75) is 50.3 Å². The van der Waals surface area contributed by atoms with Gasteiger partial charge in [0.15, 0.2) is 0 Å². The molecule has 0 heterocycles. The number of aliphatic hydroxyl groups is 1. The van der Waals surface area contributed by atoms with Crippen LogP contribution in [0.25, 0.3) is 0 Å². The molecule has 4 nitrogen and oxygen atoms in total. The molecule has 20 heavy (non-hydrogen) atoms. The van der Waals surface area contributed by atoms with Crippen molar-refractivity contribution in [1.82, 2.24) is 4.72 Å². The zero-order valence-electron chi connectivity index (χ0n) is 12.5. The number of hydrogen-bond acceptors (Lipinski definition) is 3. The average Bonchev–Trinajstić information content (AvgIpc) is 2.37. The van der Waals surface area contributed by atoms with Crippen LogP contribution in [0, 0.1) is 0 Å². The van der Waals surface area contributed by atoms with Gasteiger partial charge in [-0.1, -0.05) is 32.9 Å². The zero-order valence-corrected chi connectivity index (χ0v) is 13.3. The molecule has 1 aromatic carbocycles. The molecule has 0 radical (unpaired) electrons. The molecule has 0 aliphatic carbocycles. The van der Waals surface area contributed by atoms with Crippen LogP contribution in [0.5, 0.6) is 0 Å². The lowest BCUT2D eigenvalue weighted by atomic mass is 9.87. The van der Waals surface area contributed by atoms with Gasteiger partial charge in [-0.3, -0.25) is 0 Å². The predicted molar refractivity (Wildman–Crippen MR) is 81.3 cm³/mol. The standard InChI is InChI=1S/C15H25NO3S/c1-15(2,3)13-7-9-14(10-8-13)20(18,19)16-11-5-4-6-12-17/h7-10,16-17H,4-6,11-12H2,1-3H3. The summed E-state index contributed by atoms with van der Waals surface area (Å²) in [5, 5.41) is 8.66. The van der Waals surface area contributed by atoms with Gasteiger partial charge in [0.05, 0.1) is 4.90 Å². The smallest absolute Gasteiger partial charge is 0.240 e. The highest BCUT2D eigenvalue weighted by atomic mass is 32.2. The number of rotatable bonds is 7. The molecular weight excluding hydrogens is 274 g/mol. The first-order valence-corrected chi connectivity index (χ1v) is 8.47. The van der Waals surface area contributed by atoms with Crippen LogP contribution in [0.15, 0.2) is 29.2 Å². The fraction of sp³-hybridized carbons (Fsp3) is 0.600. The van der Waals surface area contributed by atoms with Gasteiger partial charge in [-0.25, -0.2) is 13.1 Å². The molecule has 0 bridgehead atoms. The molecule has 0 aromatic heterocycles. The third kappa shape index (κ3) is 5.23. The maximum absolute atomic E-state index is 12.1. The Kier molecular flexibility index (Phi) is 6.17. The van der Waals surface area contributed by atoms with Gasteiger partial charge in [-0.05, 0) is 42.4 Å². The Hall–Kier alpha value is -0.910. The summed E-state index contributed by atoms with van der Waals surface area (Å²) in [6, 6.07) is 7.02. The number of hydrogen-bond donors (Lipinski definition) is 2. The van der Waals surface area contributed by atoms with Gasteiger partial charge in [0.25, 0.3) is 0 Å². The summed E-state index contributed by atoms with van der Waals surface area (Å²) in [4.78, 5) is 0.299. The van der Waals surface area contributed by atoms with Crippen LogP contribution in [0.1, 0.15) is 45.6 Å². The summed E-state index contributed by atoms with van der Waals surface area (Å²) in [6.45, 7) is 6.84. The van der Waals surface area contributed by atoms with E-state index in [9.17, 15) is 8.42 Å². The summed E-state index contributed by atoms with van der Waals surface area (Å²) >= 11 is 0. The first-order valence-electron chi connectivity index (χ1n) is 6.98. The lowest BCUT2D eigenvalue weighted by molar-refractivity contribution is 0.283. The summed E-state index contributed by atoms with van der Waals surface area (Å²) in [5.74, 6) is 0. The minimum absolute atomic E-state index is 0.0139. The Bertz CT molecular complexity index is 501. The molecule has 1 aromatic rings. The number of nitrogens with one attached hydrogen (secondary N) is 1. The molecular formula is C15H25NO3S. The van der Waals surface area contributed by atoms with Gasteiger partial charge in [-0.15, -0.1) is 0 Å². The summed E-state index contributed by atoms with van der Waals surface area (Å²) in [6.07, 6.45) is 2.27. The van der Waals surface area contributed by atoms with Crippen LogP contribution in [-0.2, 0) is 15.4 Å². The Labute approximate surface area is 122 Å². The highest BCUT2D eigenvalue weighted by molar-refractivity contribution is 7.89. The van der Waals surface area contributed by atoms with Crippen LogP contribution in [0.3, 0.4) is 0 Å². The summed E-state index contributed by atoms with van der Waals surface area (Å²) in [5.41, 5.74) is 1.12. The highest BCUT2D eigenvalue weighted by Crippen LogP contribution is 2.23. The molecule has 1 rings (SSSR count). The van der Waals surface area contributed by atoms with E-state index in [1.165, 1.54) is 0 Å². The molecule has 2 N–H and O–H groups in total. The monoisotopic (exact) mass is 299 g/mol. The quantitative estimate of drug-likeness (QED) is 0.760. The van der Waals surface area contributed by atoms with E-state index in [1.54, 1.807) is 12.1 Å². The third-order valence-electron chi connectivity index (χ3n) is 3.16. The van der Waals surface area contributed by atoms with E-state index in [2.05, 4.69) is 25.5 Å². The fourth-order valence-corrected chi connectivity index (χ4v) is 2.91. The molecule has 0 aliphatic heterocycles. The molecule has 0 unspecified atom stereocenters. The molecule has 5 heteroatoms. The maximum Gasteiger partial charge on any atom is 0.240 e. The molecule has 0 amide bonds. The Balaban J connectivity index is 2.64. The van der Waals surface area contributed by atoms with Gasteiger partial charge < -0.3 is 5.11 Å². The second-order valence-electron chi connectivity index (χ2n) is 5.96. The Morgan fingerprint density at radius 1 is 1.05 bits per heavy atom. The lowest BCUT2D eigenvalue weighted by Crippen LogP contribution is -2.25. The Morgan fingerprint density at radius 3 is 2.15 bits per heavy atom. The normalized spacial score (nSPS) is 12.6. The van der Waals surface area contributed by atoms with Crippen molar-refractivity contribution in [2.24, 2.45) is 0 Å². The minimum atomic E-state index is -3.42. The molecule has 0 spiro atoms. The van der Waals surface area contributed by atoms with E-state index in [0.29, 0.717) is 17.9 Å². The van der Waals surface area contributed by atoms with Gasteiger partial charge in [0, 0.05) is 13.2 Å². The van der Waals surface area contributed by atoms with E-state index in [4.69, 9.17) is 5.11 Å². The molecule has 114 valence electrons. The van der Waals surface area contributed by atoms with Crippen molar-refractivity contribution < 1.29 is 13.5 Å².